The fourth-order valence-electron chi connectivity index (χ4n) is 1.30. The van der Waals surface area contributed by atoms with Gasteiger partial charge in [0.1, 0.15) is 5.54 Å². The van der Waals surface area contributed by atoms with Gasteiger partial charge in [0.2, 0.25) is 5.91 Å². The first-order valence-corrected chi connectivity index (χ1v) is 5.82. The predicted molar refractivity (Wildman–Crippen MR) is 50.0 cm³/mol. The van der Waals surface area contributed by atoms with Gasteiger partial charge in [-0.3, -0.25) is 4.79 Å². The van der Waals surface area contributed by atoms with Gasteiger partial charge in [-0.1, -0.05) is 6.92 Å². The van der Waals surface area contributed by atoms with Crippen LogP contribution in [0.4, 0.5) is 0 Å². The molecule has 0 aliphatic carbocycles. The Kier molecular flexibility index (Phi) is 5.15. The van der Waals surface area contributed by atoms with Crippen molar-refractivity contribution in [2.75, 3.05) is 21.3 Å². The largest absolute Gasteiger partial charge is 0.513 e. The van der Waals surface area contributed by atoms with Gasteiger partial charge in [0.15, 0.2) is 0 Å². The zero-order valence-electron chi connectivity index (χ0n) is 8.49. The highest BCUT2D eigenvalue weighted by molar-refractivity contribution is 6.66. The second-order valence-electron chi connectivity index (χ2n) is 2.58. The Balaban J connectivity index is 4.76. The summed E-state index contributed by atoms with van der Waals surface area (Å²) in [4.78, 5) is 11.1. The van der Waals surface area contributed by atoms with Gasteiger partial charge in [-0.2, -0.15) is 0 Å². The van der Waals surface area contributed by atoms with E-state index in [-0.39, 0.29) is 0 Å². The molecule has 1 atom stereocenters. The van der Waals surface area contributed by atoms with Gasteiger partial charge < -0.3 is 19.0 Å². The molecule has 0 rings (SSSR count). The monoisotopic (exact) mass is 207 g/mol. The first kappa shape index (κ1) is 12.6. The van der Waals surface area contributed by atoms with Crippen LogP contribution in [0.5, 0.6) is 0 Å². The number of nitrogens with two attached hydrogens (primary N) is 1. The summed E-state index contributed by atoms with van der Waals surface area (Å²) in [6, 6.07) is 0. The molecule has 2 N–H and O–H groups in total. The molecule has 0 aliphatic heterocycles. The molecule has 0 aromatic rings. The zero-order valence-corrected chi connectivity index (χ0v) is 9.49. The molecule has 0 fully saturated rings. The van der Waals surface area contributed by atoms with E-state index in [1.165, 1.54) is 21.3 Å². The molecule has 0 aliphatic rings. The average molecular weight is 207 g/mol. The van der Waals surface area contributed by atoms with Gasteiger partial charge in [0.05, 0.1) is 0 Å². The lowest BCUT2D eigenvalue weighted by molar-refractivity contribution is -0.119. The lowest BCUT2D eigenvalue weighted by Gasteiger charge is -2.29. The zero-order chi connectivity index (χ0) is 10.5. The summed E-state index contributed by atoms with van der Waals surface area (Å²) < 4.78 is 15.4. The SMILES string of the molecule is CCC(C(N)=O)[Si](OC)(OC)OC. The Morgan fingerprint density at radius 3 is 1.77 bits per heavy atom. The maximum atomic E-state index is 11.1. The van der Waals surface area contributed by atoms with Crippen LogP contribution in [0.3, 0.4) is 0 Å². The molecule has 1 unspecified atom stereocenters. The molecule has 0 radical (unpaired) electrons. The van der Waals surface area contributed by atoms with Crippen molar-refractivity contribution in [3.8, 4) is 0 Å². The number of carbonyl (C=O) groups excluding carboxylic acids is 1. The third-order valence-corrected chi connectivity index (χ3v) is 5.29. The Labute approximate surface area is 79.5 Å². The lowest BCUT2D eigenvalue weighted by atomic mass is 10.3. The molecular weight excluding hydrogens is 190 g/mol. The van der Waals surface area contributed by atoms with Crippen LogP contribution in [-0.2, 0) is 18.1 Å². The summed E-state index contributed by atoms with van der Waals surface area (Å²) in [7, 11) is 1.50. The normalized spacial score (nSPS) is 14.2. The molecule has 5 nitrogen and oxygen atoms in total. The molecule has 0 aromatic carbocycles. The summed E-state index contributed by atoms with van der Waals surface area (Å²) >= 11 is 0. The summed E-state index contributed by atoms with van der Waals surface area (Å²) in [5.74, 6) is -0.445. The highest BCUT2D eigenvalue weighted by atomic mass is 28.4. The number of amides is 1. The Bertz CT molecular complexity index is 164. The number of rotatable bonds is 6. The molecule has 6 heteroatoms. The third-order valence-electron chi connectivity index (χ3n) is 2.03. The molecular formula is C7H17NO4Si. The number of carbonyl (C=O) groups is 1. The van der Waals surface area contributed by atoms with E-state index < -0.39 is 20.3 Å². The van der Waals surface area contributed by atoms with Crippen LogP contribution in [0.15, 0.2) is 0 Å². The molecule has 0 saturated carbocycles. The topological polar surface area (TPSA) is 70.8 Å². The van der Waals surface area contributed by atoms with Crippen LogP contribution in [0.1, 0.15) is 13.3 Å². The van der Waals surface area contributed by atoms with Crippen molar-refractivity contribution < 1.29 is 18.1 Å². The van der Waals surface area contributed by atoms with Gasteiger partial charge in [-0.05, 0) is 6.42 Å². The minimum atomic E-state index is -2.88. The third kappa shape index (κ3) is 2.50. The van der Waals surface area contributed by atoms with E-state index in [4.69, 9.17) is 19.0 Å². The minimum absolute atomic E-state index is 0.445. The first-order valence-electron chi connectivity index (χ1n) is 4.02. The molecule has 0 aromatic heterocycles. The van der Waals surface area contributed by atoms with Gasteiger partial charge in [-0.25, -0.2) is 0 Å². The van der Waals surface area contributed by atoms with E-state index in [9.17, 15) is 4.79 Å². The van der Waals surface area contributed by atoms with Crippen molar-refractivity contribution >= 4 is 14.7 Å². The lowest BCUT2D eigenvalue weighted by Crippen LogP contribution is -2.51. The van der Waals surface area contributed by atoms with Crippen LogP contribution in [0, 0.1) is 0 Å². The molecule has 0 saturated heterocycles. The van der Waals surface area contributed by atoms with E-state index in [0.29, 0.717) is 6.42 Å². The van der Waals surface area contributed by atoms with E-state index in [0.717, 1.165) is 0 Å². The second kappa shape index (κ2) is 5.33. The Morgan fingerprint density at radius 2 is 1.69 bits per heavy atom. The summed E-state index contributed by atoms with van der Waals surface area (Å²) in [5, 5.41) is 0. The molecule has 0 spiro atoms. The molecule has 0 bridgehead atoms. The maximum absolute atomic E-state index is 11.1. The van der Waals surface area contributed by atoms with Crippen LogP contribution in [0.25, 0.3) is 0 Å². The van der Waals surface area contributed by atoms with E-state index in [2.05, 4.69) is 0 Å². The van der Waals surface area contributed by atoms with Crippen molar-refractivity contribution in [1.82, 2.24) is 0 Å². The van der Waals surface area contributed by atoms with E-state index >= 15 is 0 Å². The molecule has 1 amide bonds. The Morgan fingerprint density at radius 1 is 1.31 bits per heavy atom. The van der Waals surface area contributed by atoms with Crippen LogP contribution in [-0.4, -0.2) is 36.0 Å². The second-order valence-corrected chi connectivity index (χ2v) is 5.71. The highest BCUT2D eigenvalue weighted by Crippen LogP contribution is 2.26. The maximum Gasteiger partial charge on any atom is 0.513 e. The smallest absolute Gasteiger partial charge is 0.376 e. The molecule has 0 heterocycles. The number of primary amides is 1. The van der Waals surface area contributed by atoms with Gasteiger partial charge in [0, 0.05) is 21.3 Å². The van der Waals surface area contributed by atoms with Gasteiger partial charge in [-0.15, -0.1) is 0 Å². The van der Waals surface area contributed by atoms with E-state index in [1.807, 2.05) is 6.92 Å². The van der Waals surface area contributed by atoms with Crippen molar-refractivity contribution in [2.45, 2.75) is 18.9 Å². The fraction of sp³-hybridized carbons (Fsp3) is 0.857. The van der Waals surface area contributed by atoms with E-state index in [1.54, 1.807) is 0 Å². The Hall–Kier alpha value is -0.433. The summed E-state index contributed by atoms with van der Waals surface area (Å²) in [6.45, 7) is 1.84. The van der Waals surface area contributed by atoms with Crippen LogP contribution >= 0.6 is 0 Å². The summed E-state index contributed by atoms with van der Waals surface area (Å²) in [5.41, 5.74) is 4.74. The number of hydrogen-bond donors (Lipinski definition) is 1. The van der Waals surface area contributed by atoms with Crippen molar-refractivity contribution in [3.05, 3.63) is 0 Å². The van der Waals surface area contributed by atoms with Gasteiger partial charge in [0.25, 0.3) is 0 Å². The molecule has 13 heavy (non-hydrogen) atoms. The van der Waals surface area contributed by atoms with Crippen molar-refractivity contribution in [2.24, 2.45) is 5.73 Å². The van der Waals surface area contributed by atoms with Gasteiger partial charge >= 0.3 is 8.80 Å². The first-order chi connectivity index (χ1) is 6.07. The number of hydrogen-bond acceptors (Lipinski definition) is 4. The highest BCUT2D eigenvalue weighted by Gasteiger charge is 2.49. The van der Waals surface area contributed by atoms with Crippen LogP contribution in [0.2, 0.25) is 5.54 Å². The van der Waals surface area contributed by atoms with Crippen LogP contribution < -0.4 is 5.73 Å². The standard InChI is InChI=1S/C7H17NO4Si/c1-5-6(7(8)9)13(10-2,11-3)12-4/h6H,5H2,1-4H3,(H2,8,9). The quantitative estimate of drug-likeness (QED) is 0.628. The van der Waals surface area contributed by atoms with Crippen molar-refractivity contribution in [3.63, 3.8) is 0 Å². The molecule has 78 valence electrons. The predicted octanol–water partition coefficient (Wildman–Crippen LogP) is 0.130. The summed E-state index contributed by atoms with van der Waals surface area (Å²) in [6.07, 6.45) is 0.553. The average Bonchev–Trinajstić information content (AvgIpc) is 2.13. The minimum Gasteiger partial charge on any atom is -0.376 e. The fourth-order valence-corrected chi connectivity index (χ4v) is 3.50. The van der Waals surface area contributed by atoms with Crippen molar-refractivity contribution in [1.29, 1.82) is 0 Å².